The Kier molecular flexibility index (Phi) is 5.84. The monoisotopic (exact) mass is 500 g/mol. The summed E-state index contributed by atoms with van der Waals surface area (Å²) in [4.78, 5) is 25.3. The Balaban J connectivity index is 1.48. The third-order valence-electron chi connectivity index (χ3n) is 7.60. The first-order valence-electron chi connectivity index (χ1n) is 12.9. The molecule has 1 amide bonds. The fourth-order valence-corrected chi connectivity index (χ4v) is 5.70. The molecule has 0 radical (unpaired) electrons. The molecule has 0 saturated carbocycles. The zero-order chi connectivity index (χ0) is 26.4. The molecule has 1 aliphatic rings. The number of nitrogens with zero attached hydrogens (tertiary/aromatic N) is 1. The van der Waals surface area contributed by atoms with Crippen LogP contribution in [-0.2, 0) is 6.54 Å². The number of hydrogen-bond donors (Lipinski definition) is 2. The van der Waals surface area contributed by atoms with E-state index in [9.17, 15) is 14.7 Å². The maximum Gasteiger partial charge on any atom is 0.335 e. The van der Waals surface area contributed by atoms with Crippen LogP contribution in [0.5, 0.6) is 0 Å². The van der Waals surface area contributed by atoms with Gasteiger partial charge in [-0.25, -0.2) is 4.79 Å². The predicted molar refractivity (Wildman–Crippen MR) is 151 cm³/mol. The summed E-state index contributed by atoms with van der Waals surface area (Å²) in [6.07, 6.45) is 0.791. The molecule has 1 atom stereocenters. The molecule has 0 saturated heterocycles. The predicted octanol–water partition coefficient (Wildman–Crippen LogP) is 7.22. The summed E-state index contributed by atoms with van der Waals surface area (Å²) in [5.74, 6) is -1.06. The van der Waals surface area contributed by atoms with Crippen molar-refractivity contribution in [3.63, 3.8) is 0 Å². The zero-order valence-corrected chi connectivity index (χ0v) is 21.4. The van der Waals surface area contributed by atoms with Gasteiger partial charge in [0.05, 0.1) is 17.3 Å². The van der Waals surface area contributed by atoms with Gasteiger partial charge in [-0.2, -0.15) is 0 Å². The third-order valence-corrected chi connectivity index (χ3v) is 7.60. The Morgan fingerprint density at radius 3 is 2.39 bits per heavy atom. The molecule has 1 aromatic heterocycles. The van der Waals surface area contributed by atoms with E-state index in [1.807, 2.05) is 66.7 Å². The van der Waals surface area contributed by atoms with Gasteiger partial charge in [0.1, 0.15) is 0 Å². The zero-order valence-electron chi connectivity index (χ0n) is 21.4. The van der Waals surface area contributed by atoms with Gasteiger partial charge in [0.2, 0.25) is 0 Å². The number of amides is 1. The fraction of sp³-hybridized carbons (Fsp3) is 0.152. The van der Waals surface area contributed by atoms with Crippen LogP contribution in [0.2, 0.25) is 0 Å². The minimum Gasteiger partial charge on any atom is -0.478 e. The van der Waals surface area contributed by atoms with Crippen molar-refractivity contribution in [1.82, 2.24) is 9.88 Å². The molecule has 1 aliphatic heterocycles. The lowest BCUT2D eigenvalue weighted by Crippen LogP contribution is -2.28. The topological polar surface area (TPSA) is 71.3 Å². The van der Waals surface area contributed by atoms with Gasteiger partial charge in [0.15, 0.2) is 0 Å². The highest BCUT2D eigenvalue weighted by Crippen LogP contribution is 2.40. The second kappa shape index (κ2) is 9.34. The van der Waals surface area contributed by atoms with Crippen molar-refractivity contribution in [1.29, 1.82) is 0 Å². The molecule has 0 fully saturated rings. The van der Waals surface area contributed by atoms with Crippen molar-refractivity contribution in [2.24, 2.45) is 0 Å². The normalized spacial score (nSPS) is 12.7. The summed E-state index contributed by atoms with van der Waals surface area (Å²) >= 11 is 0. The number of fused-ring (bicyclic) bond motifs is 8. The largest absolute Gasteiger partial charge is 0.478 e. The molecular formula is C33H28N2O3. The highest BCUT2D eigenvalue weighted by molar-refractivity contribution is 6.02. The summed E-state index contributed by atoms with van der Waals surface area (Å²) in [6.45, 7) is 4.77. The van der Waals surface area contributed by atoms with E-state index in [1.165, 1.54) is 0 Å². The maximum absolute atomic E-state index is 13.3. The van der Waals surface area contributed by atoms with Crippen LogP contribution in [0, 0.1) is 6.92 Å². The van der Waals surface area contributed by atoms with E-state index in [1.54, 1.807) is 12.1 Å². The molecule has 6 rings (SSSR count). The van der Waals surface area contributed by atoms with Crippen LogP contribution in [-0.4, -0.2) is 21.6 Å². The highest BCUT2D eigenvalue weighted by Gasteiger charge is 2.23. The van der Waals surface area contributed by atoms with Crippen molar-refractivity contribution >= 4 is 22.8 Å². The van der Waals surface area contributed by atoms with Crippen molar-refractivity contribution in [2.45, 2.75) is 32.9 Å². The average molecular weight is 501 g/mol. The van der Waals surface area contributed by atoms with E-state index in [4.69, 9.17) is 0 Å². The molecule has 188 valence electrons. The molecule has 5 aromatic rings. The number of rotatable bonds is 5. The Morgan fingerprint density at radius 2 is 1.63 bits per heavy atom. The molecule has 0 spiro atoms. The van der Waals surface area contributed by atoms with E-state index in [-0.39, 0.29) is 17.5 Å². The van der Waals surface area contributed by atoms with Gasteiger partial charge < -0.3 is 15.0 Å². The lowest BCUT2D eigenvalue weighted by atomic mass is 9.92. The summed E-state index contributed by atoms with van der Waals surface area (Å²) < 4.78 is 2.24. The van der Waals surface area contributed by atoms with Crippen molar-refractivity contribution in [2.75, 3.05) is 0 Å². The Hall–Kier alpha value is -4.64. The first kappa shape index (κ1) is 23.7. The molecular weight excluding hydrogens is 472 g/mol. The average Bonchev–Trinajstić information content (AvgIpc) is 3.21. The Morgan fingerprint density at radius 1 is 0.895 bits per heavy atom. The first-order chi connectivity index (χ1) is 18.4. The van der Waals surface area contributed by atoms with Crippen LogP contribution in [0.3, 0.4) is 0 Å². The number of aryl methyl sites for hydroxylation is 1. The minimum absolute atomic E-state index is 0.0663. The van der Waals surface area contributed by atoms with Crippen molar-refractivity contribution < 1.29 is 14.7 Å². The molecule has 4 aromatic carbocycles. The van der Waals surface area contributed by atoms with E-state index < -0.39 is 5.97 Å². The molecule has 5 nitrogen and oxygen atoms in total. The van der Waals surface area contributed by atoms with E-state index in [0.29, 0.717) is 12.1 Å². The van der Waals surface area contributed by atoms with Crippen LogP contribution < -0.4 is 5.32 Å². The van der Waals surface area contributed by atoms with Crippen LogP contribution in [0.1, 0.15) is 56.8 Å². The highest BCUT2D eigenvalue weighted by atomic mass is 16.4. The van der Waals surface area contributed by atoms with Crippen LogP contribution >= 0.6 is 0 Å². The number of carbonyl (C=O) groups is 2. The number of carbonyl (C=O) groups excluding carboxylic acids is 1. The number of aromatic nitrogens is 1. The second-order valence-corrected chi connectivity index (χ2v) is 9.90. The SMILES string of the molecule is CCC(NC(=O)c1ccc2c(c1)c(C)c1n2Cc2ccccc2-c2cc(C(=O)O)cc-1c2)c1ccccc1. The van der Waals surface area contributed by atoms with Crippen LogP contribution in [0.15, 0.2) is 91.0 Å². The number of carboxylic acids is 1. The van der Waals surface area contributed by atoms with Gasteiger partial charge in [-0.15, -0.1) is 0 Å². The summed E-state index contributed by atoms with van der Waals surface area (Å²) in [5.41, 5.74) is 8.89. The van der Waals surface area contributed by atoms with E-state index in [0.717, 1.165) is 56.4 Å². The van der Waals surface area contributed by atoms with E-state index in [2.05, 4.69) is 35.9 Å². The van der Waals surface area contributed by atoms with Gasteiger partial charge in [-0.1, -0.05) is 61.5 Å². The summed E-state index contributed by atoms with van der Waals surface area (Å²) in [7, 11) is 0. The number of aromatic carboxylic acids is 1. The number of hydrogen-bond acceptors (Lipinski definition) is 2. The molecule has 2 N–H and O–H groups in total. The number of benzene rings is 4. The van der Waals surface area contributed by atoms with Gasteiger partial charge in [0, 0.05) is 23.0 Å². The molecule has 1 unspecified atom stereocenters. The Labute approximate surface area is 221 Å². The van der Waals surface area contributed by atoms with Crippen LogP contribution in [0.4, 0.5) is 0 Å². The van der Waals surface area contributed by atoms with Gasteiger partial charge in [0.25, 0.3) is 5.91 Å². The van der Waals surface area contributed by atoms with Crippen molar-refractivity contribution in [3.8, 4) is 22.4 Å². The number of nitrogens with one attached hydrogen (secondary N) is 1. The molecule has 0 aliphatic carbocycles. The fourth-order valence-electron chi connectivity index (χ4n) is 5.70. The minimum atomic E-state index is -0.950. The third kappa shape index (κ3) is 3.97. The van der Waals surface area contributed by atoms with Gasteiger partial charge in [-0.05, 0) is 83.1 Å². The maximum atomic E-state index is 13.3. The lowest BCUT2D eigenvalue weighted by Gasteiger charge is -2.20. The summed E-state index contributed by atoms with van der Waals surface area (Å²) in [5, 5.41) is 14.0. The van der Waals surface area contributed by atoms with Gasteiger partial charge in [-0.3, -0.25) is 4.79 Å². The number of carboxylic acid groups (broad SMARTS) is 1. The molecule has 2 bridgehead atoms. The van der Waals surface area contributed by atoms with Gasteiger partial charge >= 0.3 is 5.97 Å². The molecule has 38 heavy (non-hydrogen) atoms. The smallest absolute Gasteiger partial charge is 0.335 e. The summed E-state index contributed by atoms with van der Waals surface area (Å²) in [6, 6.07) is 29.5. The first-order valence-corrected chi connectivity index (χ1v) is 12.9. The quantitative estimate of drug-likeness (QED) is 0.262. The van der Waals surface area contributed by atoms with E-state index >= 15 is 0 Å². The lowest BCUT2D eigenvalue weighted by molar-refractivity contribution is 0.0696. The second-order valence-electron chi connectivity index (χ2n) is 9.90. The Bertz CT molecular complexity index is 1720. The standard InChI is InChI=1S/C33H28N2O3/c1-3-29(21-9-5-4-6-10-21)34-32(36)22-13-14-30-28(18-22)20(2)31-25-15-24(16-26(17-25)33(37)38)27-12-8-7-11-23(27)19-35(30)31/h4-18,29H,3,19H2,1-2H3,(H,34,36)(H,37,38). The van der Waals surface area contributed by atoms with Crippen LogP contribution in [0.25, 0.3) is 33.3 Å². The molecule has 5 heteroatoms. The molecule has 2 heterocycles. The van der Waals surface area contributed by atoms with Crippen molar-refractivity contribution in [3.05, 3.63) is 119 Å².